The molecule has 0 heterocycles. The Kier molecular flexibility index (Phi) is 5.65. The van der Waals surface area contributed by atoms with Gasteiger partial charge in [0.05, 0.1) is 5.02 Å². The number of rotatable bonds is 5. The van der Waals surface area contributed by atoms with Crippen LogP contribution >= 0.6 is 11.6 Å². The molecule has 1 fully saturated rings. The third-order valence-corrected chi connectivity index (χ3v) is 4.50. The second-order valence-corrected chi connectivity index (χ2v) is 5.87. The Labute approximate surface area is 120 Å². The molecule has 1 aliphatic carbocycles. The van der Waals surface area contributed by atoms with Crippen LogP contribution in [0.4, 0.5) is 4.39 Å². The molecule has 19 heavy (non-hydrogen) atoms. The number of halogens is 2. The van der Waals surface area contributed by atoms with E-state index in [1.54, 1.807) is 6.07 Å². The van der Waals surface area contributed by atoms with E-state index in [-0.39, 0.29) is 16.9 Å². The number of hydrogen-bond acceptors (Lipinski definition) is 1. The van der Waals surface area contributed by atoms with E-state index < -0.39 is 0 Å². The fourth-order valence-electron chi connectivity index (χ4n) is 3.11. The van der Waals surface area contributed by atoms with Crippen LogP contribution in [0.5, 0.6) is 0 Å². The molecule has 0 bridgehead atoms. The van der Waals surface area contributed by atoms with Crippen molar-refractivity contribution >= 4 is 11.6 Å². The molecule has 1 aliphatic rings. The van der Waals surface area contributed by atoms with E-state index in [2.05, 4.69) is 12.2 Å². The van der Waals surface area contributed by atoms with E-state index in [1.165, 1.54) is 38.2 Å². The van der Waals surface area contributed by atoms with Crippen LogP contribution in [-0.2, 0) is 0 Å². The highest BCUT2D eigenvalue weighted by Gasteiger charge is 2.22. The van der Waals surface area contributed by atoms with Crippen molar-refractivity contribution in [3.8, 4) is 0 Å². The highest BCUT2D eigenvalue weighted by atomic mass is 35.5. The first-order chi connectivity index (χ1) is 9.22. The third kappa shape index (κ3) is 3.93. The minimum atomic E-state index is -0.314. The predicted molar refractivity (Wildman–Crippen MR) is 79.0 cm³/mol. The van der Waals surface area contributed by atoms with Crippen LogP contribution in [0, 0.1) is 11.7 Å². The Bertz CT molecular complexity index is 402. The maximum absolute atomic E-state index is 13.6. The first kappa shape index (κ1) is 14.8. The molecule has 1 aromatic rings. The van der Waals surface area contributed by atoms with Gasteiger partial charge in [-0.3, -0.25) is 0 Å². The summed E-state index contributed by atoms with van der Waals surface area (Å²) < 4.78 is 13.6. The lowest BCUT2D eigenvalue weighted by atomic mass is 9.83. The van der Waals surface area contributed by atoms with Gasteiger partial charge in [-0.15, -0.1) is 0 Å². The van der Waals surface area contributed by atoms with Crippen LogP contribution < -0.4 is 5.32 Å². The fraction of sp³-hybridized carbons (Fsp3) is 0.625. The van der Waals surface area contributed by atoms with Crippen molar-refractivity contribution in [1.82, 2.24) is 5.32 Å². The summed E-state index contributed by atoms with van der Waals surface area (Å²) in [5.41, 5.74) is 0.911. The van der Waals surface area contributed by atoms with Crippen molar-refractivity contribution in [3.63, 3.8) is 0 Å². The summed E-state index contributed by atoms with van der Waals surface area (Å²) in [6.07, 6.45) is 7.70. The molecule has 1 N–H and O–H groups in total. The zero-order valence-electron chi connectivity index (χ0n) is 11.6. The molecule has 1 saturated carbocycles. The number of benzene rings is 1. The van der Waals surface area contributed by atoms with Gasteiger partial charge in [-0.2, -0.15) is 0 Å². The van der Waals surface area contributed by atoms with Gasteiger partial charge >= 0.3 is 0 Å². The zero-order valence-corrected chi connectivity index (χ0v) is 12.3. The highest BCUT2D eigenvalue weighted by molar-refractivity contribution is 6.31. The van der Waals surface area contributed by atoms with E-state index >= 15 is 0 Å². The normalized spacial score (nSPS) is 18.5. The van der Waals surface area contributed by atoms with Gasteiger partial charge in [-0.1, -0.05) is 62.8 Å². The first-order valence-corrected chi connectivity index (χ1v) is 7.77. The van der Waals surface area contributed by atoms with Crippen LogP contribution in [0.3, 0.4) is 0 Å². The van der Waals surface area contributed by atoms with Crippen molar-refractivity contribution < 1.29 is 4.39 Å². The average molecular weight is 284 g/mol. The summed E-state index contributed by atoms with van der Waals surface area (Å²) in [5.74, 6) is 0.433. The number of nitrogens with one attached hydrogen (secondary N) is 1. The van der Waals surface area contributed by atoms with Crippen molar-refractivity contribution in [2.45, 2.75) is 51.5 Å². The van der Waals surface area contributed by atoms with E-state index in [0.717, 1.165) is 24.4 Å². The standard InChI is InChI=1S/C16H23ClFN/c1-2-19-15(11-12-7-4-3-5-8-12)13-9-6-10-14(18)16(13)17/h6,9-10,12,15,19H,2-5,7-8,11H2,1H3. The van der Waals surface area contributed by atoms with Gasteiger partial charge in [0.15, 0.2) is 0 Å². The summed E-state index contributed by atoms with van der Waals surface area (Å²) in [6.45, 7) is 2.96. The minimum absolute atomic E-state index is 0.177. The topological polar surface area (TPSA) is 12.0 Å². The second-order valence-electron chi connectivity index (χ2n) is 5.49. The van der Waals surface area contributed by atoms with E-state index in [4.69, 9.17) is 11.6 Å². The van der Waals surface area contributed by atoms with Crippen LogP contribution in [0.2, 0.25) is 5.02 Å². The third-order valence-electron chi connectivity index (χ3n) is 4.10. The molecule has 0 radical (unpaired) electrons. The molecule has 1 atom stereocenters. The Morgan fingerprint density at radius 2 is 2.05 bits per heavy atom. The molecule has 0 spiro atoms. The summed E-state index contributed by atoms with van der Waals surface area (Å²) in [6, 6.07) is 5.30. The molecule has 0 aliphatic heterocycles. The zero-order chi connectivity index (χ0) is 13.7. The maximum atomic E-state index is 13.6. The number of hydrogen-bond donors (Lipinski definition) is 1. The lowest BCUT2D eigenvalue weighted by Crippen LogP contribution is -2.24. The second kappa shape index (κ2) is 7.25. The molecule has 0 amide bonds. The minimum Gasteiger partial charge on any atom is -0.310 e. The van der Waals surface area contributed by atoms with Crippen LogP contribution in [0.15, 0.2) is 18.2 Å². The van der Waals surface area contributed by atoms with Gasteiger partial charge in [0.25, 0.3) is 0 Å². The Balaban J connectivity index is 2.11. The van der Waals surface area contributed by atoms with E-state index in [1.807, 2.05) is 6.07 Å². The van der Waals surface area contributed by atoms with Crippen LogP contribution in [0.1, 0.15) is 57.1 Å². The maximum Gasteiger partial charge on any atom is 0.142 e. The Hall–Kier alpha value is -0.600. The van der Waals surface area contributed by atoms with Crippen LogP contribution in [0.25, 0.3) is 0 Å². The SMILES string of the molecule is CCNC(CC1CCCCC1)c1cccc(F)c1Cl. The lowest BCUT2D eigenvalue weighted by molar-refractivity contribution is 0.301. The van der Waals surface area contributed by atoms with Crippen molar-refractivity contribution in [2.75, 3.05) is 6.54 Å². The summed E-state index contributed by atoms with van der Waals surface area (Å²) >= 11 is 6.13. The molecular weight excluding hydrogens is 261 g/mol. The van der Waals surface area contributed by atoms with Gasteiger partial charge in [0.1, 0.15) is 5.82 Å². The molecule has 0 aromatic heterocycles. The van der Waals surface area contributed by atoms with Crippen molar-refractivity contribution in [2.24, 2.45) is 5.92 Å². The molecular formula is C16H23ClFN. The van der Waals surface area contributed by atoms with Crippen molar-refractivity contribution in [1.29, 1.82) is 0 Å². The predicted octanol–water partition coefficient (Wildman–Crippen LogP) is 5.10. The summed E-state index contributed by atoms with van der Waals surface area (Å²) in [4.78, 5) is 0. The molecule has 0 saturated heterocycles. The smallest absolute Gasteiger partial charge is 0.142 e. The molecule has 1 nitrogen and oxygen atoms in total. The Morgan fingerprint density at radius 1 is 1.32 bits per heavy atom. The molecule has 106 valence electrons. The highest BCUT2D eigenvalue weighted by Crippen LogP contribution is 2.34. The first-order valence-electron chi connectivity index (χ1n) is 7.39. The fourth-order valence-corrected chi connectivity index (χ4v) is 3.37. The largest absolute Gasteiger partial charge is 0.310 e. The van der Waals surface area contributed by atoms with Gasteiger partial charge in [-0.25, -0.2) is 4.39 Å². The monoisotopic (exact) mass is 283 g/mol. The van der Waals surface area contributed by atoms with E-state index in [9.17, 15) is 4.39 Å². The molecule has 1 aromatic carbocycles. The van der Waals surface area contributed by atoms with Gasteiger partial charge < -0.3 is 5.32 Å². The van der Waals surface area contributed by atoms with Crippen molar-refractivity contribution in [3.05, 3.63) is 34.6 Å². The molecule has 3 heteroatoms. The lowest BCUT2D eigenvalue weighted by Gasteiger charge is -2.28. The summed E-state index contributed by atoms with van der Waals surface area (Å²) in [5, 5.41) is 3.74. The average Bonchev–Trinajstić information content (AvgIpc) is 2.43. The summed E-state index contributed by atoms with van der Waals surface area (Å²) in [7, 11) is 0. The van der Waals surface area contributed by atoms with Crippen LogP contribution in [-0.4, -0.2) is 6.54 Å². The van der Waals surface area contributed by atoms with E-state index in [0.29, 0.717) is 0 Å². The Morgan fingerprint density at radius 3 is 2.74 bits per heavy atom. The van der Waals surface area contributed by atoms with Gasteiger partial charge in [0.2, 0.25) is 0 Å². The van der Waals surface area contributed by atoms with Gasteiger partial charge in [0, 0.05) is 6.04 Å². The van der Waals surface area contributed by atoms with Gasteiger partial charge in [-0.05, 0) is 30.5 Å². The molecule has 2 rings (SSSR count). The quantitative estimate of drug-likeness (QED) is 0.793. The molecule has 1 unspecified atom stereocenters.